The highest BCUT2D eigenvalue weighted by Gasteiger charge is 2.16. The minimum atomic E-state index is -0.360. The minimum Gasteiger partial charge on any atom is -0.496 e. The van der Waals surface area contributed by atoms with Crippen molar-refractivity contribution in [2.75, 3.05) is 33.9 Å². The Morgan fingerprint density at radius 1 is 1.00 bits per heavy atom. The summed E-state index contributed by atoms with van der Waals surface area (Å²) >= 11 is 3.42. The molecule has 0 aliphatic rings. The first-order valence-corrected chi connectivity index (χ1v) is 10.4. The number of nitrogens with zero attached hydrogens (tertiary/aromatic N) is 1. The zero-order chi connectivity index (χ0) is 22.1. The van der Waals surface area contributed by atoms with Crippen LogP contribution in [0, 0.1) is 0 Å². The van der Waals surface area contributed by atoms with E-state index in [2.05, 4.69) is 21.2 Å². The number of carbonyl (C=O) groups excluding carboxylic acids is 2. The van der Waals surface area contributed by atoms with Gasteiger partial charge in [-0.15, -0.1) is 0 Å². The van der Waals surface area contributed by atoms with Crippen LogP contribution in [0.1, 0.15) is 29.8 Å². The van der Waals surface area contributed by atoms with Crippen LogP contribution in [-0.4, -0.2) is 50.6 Å². The van der Waals surface area contributed by atoms with E-state index in [9.17, 15) is 9.59 Å². The van der Waals surface area contributed by atoms with Crippen LogP contribution < -0.4 is 19.5 Å². The number of likely N-dealkylation sites (N-methyl/N-ethyl adjacent to an activating group) is 1. The van der Waals surface area contributed by atoms with Gasteiger partial charge in [-0.05, 0) is 50.2 Å². The molecule has 7 nitrogen and oxygen atoms in total. The number of hydrogen-bond donors (Lipinski definition) is 1. The molecular weight excluding hydrogens is 452 g/mol. The van der Waals surface area contributed by atoms with Crippen LogP contribution >= 0.6 is 15.9 Å². The van der Waals surface area contributed by atoms with Gasteiger partial charge in [0.05, 0.1) is 26.9 Å². The van der Waals surface area contributed by atoms with E-state index in [0.717, 1.165) is 10.0 Å². The van der Waals surface area contributed by atoms with Crippen LogP contribution in [0.4, 0.5) is 0 Å². The van der Waals surface area contributed by atoms with Crippen molar-refractivity contribution in [3.05, 3.63) is 52.0 Å². The fraction of sp³-hybridized carbons (Fsp3) is 0.364. The Hall–Kier alpha value is -2.74. The van der Waals surface area contributed by atoms with Crippen molar-refractivity contribution in [3.63, 3.8) is 0 Å². The molecule has 162 valence electrons. The molecule has 0 saturated heterocycles. The van der Waals surface area contributed by atoms with Gasteiger partial charge in [-0.2, -0.15) is 0 Å². The lowest BCUT2D eigenvalue weighted by Crippen LogP contribution is -2.37. The summed E-state index contributed by atoms with van der Waals surface area (Å²) < 4.78 is 17.3. The molecule has 0 spiro atoms. The number of nitrogens with one attached hydrogen (secondary N) is 1. The lowest BCUT2D eigenvalue weighted by Gasteiger charge is -2.19. The molecule has 0 bridgehead atoms. The second-order valence-electron chi connectivity index (χ2n) is 6.42. The van der Waals surface area contributed by atoms with E-state index in [1.165, 1.54) is 4.90 Å². The summed E-state index contributed by atoms with van der Waals surface area (Å²) in [6.07, 6.45) is 0. The maximum Gasteiger partial charge on any atom is 0.251 e. The van der Waals surface area contributed by atoms with Gasteiger partial charge >= 0.3 is 0 Å². The van der Waals surface area contributed by atoms with E-state index in [1.54, 1.807) is 32.4 Å². The third kappa shape index (κ3) is 6.38. The summed E-state index contributed by atoms with van der Waals surface area (Å²) in [5, 5.41) is 2.66. The Bertz CT molecular complexity index is 888. The zero-order valence-corrected chi connectivity index (χ0v) is 19.2. The number of amides is 2. The third-order valence-electron chi connectivity index (χ3n) is 4.28. The van der Waals surface area contributed by atoms with Crippen LogP contribution in [0.3, 0.4) is 0 Å². The first-order chi connectivity index (χ1) is 14.4. The number of ether oxygens (including phenoxy) is 3. The normalized spacial score (nSPS) is 10.3. The Morgan fingerprint density at radius 2 is 1.67 bits per heavy atom. The van der Waals surface area contributed by atoms with Crippen LogP contribution in [0.2, 0.25) is 0 Å². The highest BCUT2D eigenvalue weighted by molar-refractivity contribution is 9.10. The highest BCUT2D eigenvalue weighted by atomic mass is 79.9. The standard InChI is InChI=1S/C22H27BrN2O5/c1-5-29-19-9-7-15(12-20(19)30-6-2)22(27)24-13-21(26)25(3)14-16-11-17(23)8-10-18(16)28-4/h7-12H,5-6,13-14H2,1-4H3,(H,24,27). The van der Waals surface area contributed by atoms with E-state index >= 15 is 0 Å². The zero-order valence-electron chi connectivity index (χ0n) is 17.7. The summed E-state index contributed by atoms with van der Waals surface area (Å²) in [4.78, 5) is 26.5. The molecular formula is C22H27BrN2O5. The van der Waals surface area contributed by atoms with Gasteiger partial charge in [-0.3, -0.25) is 9.59 Å². The van der Waals surface area contributed by atoms with E-state index < -0.39 is 0 Å². The number of methoxy groups -OCH3 is 1. The average Bonchev–Trinajstić information content (AvgIpc) is 2.73. The molecule has 0 heterocycles. The topological polar surface area (TPSA) is 77.1 Å². The van der Waals surface area contributed by atoms with E-state index in [-0.39, 0.29) is 18.4 Å². The predicted molar refractivity (Wildman–Crippen MR) is 118 cm³/mol. The fourth-order valence-corrected chi connectivity index (χ4v) is 3.21. The van der Waals surface area contributed by atoms with Crippen molar-refractivity contribution >= 4 is 27.7 Å². The van der Waals surface area contributed by atoms with Gasteiger partial charge in [0.2, 0.25) is 5.91 Å². The second-order valence-corrected chi connectivity index (χ2v) is 7.33. The predicted octanol–water partition coefficient (Wildman–Crippen LogP) is 3.64. The first kappa shape index (κ1) is 23.5. The Labute approximate surface area is 185 Å². The summed E-state index contributed by atoms with van der Waals surface area (Å²) in [6.45, 7) is 4.92. The third-order valence-corrected chi connectivity index (χ3v) is 4.77. The molecule has 0 aliphatic heterocycles. The van der Waals surface area contributed by atoms with E-state index in [1.807, 2.05) is 32.0 Å². The smallest absolute Gasteiger partial charge is 0.251 e. The molecule has 2 rings (SSSR count). The van der Waals surface area contributed by atoms with Gasteiger partial charge in [-0.25, -0.2) is 0 Å². The van der Waals surface area contributed by atoms with Crippen LogP contribution in [0.5, 0.6) is 17.2 Å². The molecule has 30 heavy (non-hydrogen) atoms. The number of rotatable bonds is 10. The molecule has 8 heteroatoms. The SMILES string of the molecule is CCOc1ccc(C(=O)NCC(=O)N(C)Cc2cc(Br)ccc2OC)cc1OCC. The Balaban J connectivity index is 1.99. The van der Waals surface area contributed by atoms with Crippen LogP contribution in [0.25, 0.3) is 0 Å². The van der Waals surface area contributed by atoms with Crippen molar-refractivity contribution in [3.8, 4) is 17.2 Å². The fourth-order valence-electron chi connectivity index (χ4n) is 2.80. The minimum absolute atomic E-state index is 0.122. The Kier molecular flexibility index (Phi) is 8.98. The molecule has 2 aromatic carbocycles. The molecule has 0 saturated carbocycles. The van der Waals surface area contributed by atoms with Gasteiger partial charge < -0.3 is 24.4 Å². The molecule has 0 aromatic heterocycles. The molecule has 0 unspecified atom stereocenters. The molecule has 2 amide bonds. The van der Waals surface area contributed by atoms with Gasteiger partial charge in [0.25, 0.3) is 5.91 Å². The summed E-state index contributed by atoms with van der Waals surface area (Å²) in [5.74, 6) is 1.19. The van der Waals surface area contributed by atoms with E-state index in [0.29, 0.717) is 42.6 Å². The molecule has 2 aromatic rings. The number of hydrogen-bond acceptors (Lipinski definition) is 5. The van der Waals surface area contributed by atoms with Crippen molar-refractivity contribution in [1.82, 2.24) is 10.2 Å². The molecule has 0 aliphatic carbocycles. The molecule has 0 radical (unpaired) electrons. The number of carbonyl (C=O) groups is 2. The largest absolute Gasteiger partial charge is 0.496 e. The monoisotopic (exact) mass is 478 g/mol. The van der Waals surface area contributed by atoms with Crippen LogP contribution in [-0.2, 0) is 11.3 Å². The van der Waals surface area contributed by atoms with Gasteiger partial charge in [0.1, 0.15) is 5.75 Å². The Morgan fingerprint density at radius 3 is 2.33 bits per heavy atom. The van der Waals surface area contributed by atoms with Crippen LogP contribution in [0.15, 0.2) is 40.9 Å². The first-order valence-electron chi connectivity index (χ1n) is 9.63. The van der Waals surface area contributed by atoms with Crippen molar-refractivity contribution in [2.24, 2.45) is 0 Å². The lowest BCUT2D eigenvalue weighted by atomic mass is 10.2. The highest BCUT2D eigenvalue weighted by Crippen LogP contribution is 2.28. The summed E-state index contributed by atoms with van der Waals surface area (Å²) in [6, 6.07) is 10.6. The quantitative estimate of drug-likeness (QED) is 0.563. The second kappa shape index (κ2) is 11.4. The van der Waals surface area contributed by atoms with E-state index in [4.69, 9.17) is 14.2 Å². The van der Waals surface area contributed by atoms with Crippen molar-refractivity contribution in [1.29, 1.82) is 0 Å². The maximum atomic E-state index is 12.5. The average molecular weight is 479 g/mol. The van der Waals surface area contributed by atoms with Crippen molar-refractivity contribution in [2.45, 2.75) is 20.4 Å². The lowest BCUT2D eigenvalue weighted by molar-refractivity contribution is -0.129. The molecule has 1 N–H and O–H groups in total. The van der Waals surface area contributed by atoms with Gasteiger partial charge in [0.15, 0.2) is 11.5 Å². The van der Waals surface area contributed by atoms with Gasteiger partial charge in [-0.1, -0.05) is 15.9 Å². The summed E-state index contributed by atoms with van der Waals surface area (Å²) in [5.41, 5.74) is 1.26. The maximum absolute atomic E-state index is 12.5. The molecule has 0 fully saturated rings. The van der Waals surface area contributed by atoms with Gasteiger partial charge in [0, 0.05) is 29.2 Å². The van der Waals surface area contributed by atoms with Crippen molar-refractivity contribution < 1.29 is 23.8 Å². The summed E-state index contributed by atoms with van der Waals surface area (Å²) in [7, 11) is 3.26. The molecule has 0 atom stereocenters. The number of halogens is 1. The number of benzene rings is 2.